The lowest BCUT2D eigenvalue weighted by atomic mass is 10.1. The zero-order chi connectivity index (χ0) is 10.5. The van der Waals surface area contributed by atoms with Crippen molar-refractivity contribution in [1.82, 2.24) is 5.32 Å². The van der Waals surface area contributed by atoms with Crippen molar-refractivity contribution in [1.29, 1.82) is 0 Å². The van der Waals surface area contributed by atoms with E-state index in [1.165, 1.54) is 7.11 Å². The molecule has 0 saturated heterocycles. The van der Waals surface area contributed by atoms with Gasteiger partial charge in [0.1, 0.15) is 0 Å². The molecule has 0 radical (unpaired) electrons. The summed E-state index contributed by atoms with van der Waals surface area (Å²) >= 11 is 0. The van der Waals surface area contributed by atoms with Gasteiger partial charge in [-0.05, 0) is 13.8 Å². The van der Waals surface area contributed by atoms with Gasteiger partial charge in [0, 0.05) is 13.7 Å². The molecule has 0 heterocycles. The molecule has 0 rings (SSSR count). The lowest BCUT2D eigenvalue weighted by molar-refractivity contribution is -0.125. The van der Waals surface area contributed by atoms with Crippen LogP contribution in [0.4, 0.5) is 0 Å². The van der Waals surface area contributed by atoms with Crippen molar-refractivity contribution in [3.05, 3.63) is 0 Å². The lowest BCUT2D eigenvalue weighted by Gasteiger charge is -2.19. The van der Waals surface area contributed by atoms with Crippen LogP contribution in [0.25, 0.3) is 0 Å². The van der Waals surface area contributed by atoms with Crippen molar-refractivity contribution in [2.24, 2.45) is 5.73 Å². The van der Waals surface area contributed by atoms with Crippen LogP contribution in [0.3, 0.4) is 0 Å². The monoisotopic (exact) mass is 190 g/mol. The van der Waals surface area contributed by atoms with Gasteiger partial charge in [0.25, 0.3) is 0 Å². The van der Waals surface area contributed by atoms with Crippen LogP contribution in [0.5, 0.6) is 0 Å². The number of rotatable bonds is 5. The van der Waals surface area contributed by atoms with Crippen LogP contribution in [0.2, 0.25) is 0 Å². The highest BCUT2D eigenvalue weighted by Gasteiger charge is 2.21. The molecule has 78 valence electrons. The molecule has 0 aliphatic carbocycles. The minimum atomic E-state index is -0.910. The van der Waals surface area contributed by atoms with Gasteiger partial charge in [-0.25, -0.2) is 0 Å². The molecule has 4 N–H and O–H groups in total. The van der Waals surface area contributed by atoms with Gasteiger partial charge < -0.3 is 20.9 Å². The van der Waals surface area contributed by atoms with E-state index in [0.717, 1.165) is 0 Å². The first-order chi connectivity index (χ1) is 5.88. The summed E-state index contributed by atoms with van der Waals surface area (Å²) < 4.78 is 4.69. The van der Waals surface area contributed by atoms with Crippen LogP contribution in [0.1, 0.15) is 13.8 Å². The second-order valence-electron chi connectivity index (χ2n) is 3.54. The molecule has 0 aliphatic heterocycles. The van der Waals surface area contributed by atoms with Gasteiger partial charge in [0.05, 0.1) is 18.2 Å². The van der Waals surface area contributed by atoms with E-state index in [1.807, 2.05) is 0 Å². The van der Waals surface area contributed by atoms with E-state index >= 15 is 0 Å². The lowest BCUT2D eigenvalue weighted by Crippen LogP contribution is -2.51. The predicted octanol–water partition coefficient (Wildman–Crippen LogP) is -1.15. The molecule has 1 unspecified atom stereocenters. The van der Waals surface area contributed by atoms with Crippen LogP contribution >= 0.6 is 0 Å². The Morgan fingerprint density at radius 2 is 2.23 bits per heavy atom. The number of aliphatic hydroxyl groups is 1. The van der Waals surface area contributed by atoms with Gasteiger partial charge in [-0.15, -0.1) is 0 Å². The Hall–Kier alpha value is -0.650. The largest absolute Gasteiger partial charge is 0.389 e. The molecule has 1 atom stereocenters. The summed E-state index contributed by atoms with van der Waals surface area (Å²) in [5.74, 6) is -0.289. The quantitative estimate of drug-likeness (QED) is 0.511. The Morgan fingerprint density at radius 3 is 2.62 bits per heavy atom. The summed E-state index contributed by atoms with van der Waals surface area (Å²) in [6.45, 7) is 3.56. The Labute approximate surface area is 78.3 Å². The number of nitrogens with two attached hydrogens (primary N) is 1. The average Bonchev–Trinajstić information content (AvgIpc) is 1.99. The SMILES string of the molecule is COCC(O)CNC(=O)C(C)(C)N. The minimum absolute atomic E-state index is 0.160. The van der Waals surface area contributed by atoms with E-state index in [2.05, 4.69) is 10.1 Å². The van der Waals surface area contributed by atoms with Gasteiger partial charge in [0.15, 0.2) is 0 Å². The Bertz CT molecular complexity index is 165. The summed E-state index contributed by atoms with van der Waals surface area (Å²) in [6, 6.07) is 0. The molecule has 5 nitrogen and oxygen atoms in total. The third-order valence-electron chi connectivity index (χ3n) is 1.44. The first-order valence-corrected chi connectivity index (χ1v) is 4.12. The molecular weight excluding hydrogens is 172 g/mol. The molecule has 0 aromatic heterocycles. The maximum atomic E-state index is 11.2. The third kappa shape index (κ3) is 5.57. The average molecular weight is 190 g/mol. The maximum Gasteiger partial charge on any atom is 0.239 e. The topological polar surface area (TPSA) is 84.6 Å². The van der Waals surface area contributed by atoms with Crippen molar-refractivity contribution in [3.63, 3.8) is 0 Å². The number of hydrogen-bond donors (Lipinski definition) is 3. The molecule has 0 bridgehead atoms. The standard InChI is InChI=1S/C8H18N2O3/c1-8(2,9)7(12)10-4-6(11)5-13-3/h6,11H,4-5,9H2,1-3H3,(H,10,12). The van der Waals surface area contributed by atoms with Gasteiger partial charge in [-0.2, -0.15) is 0 Å². The highest BCUT2D eigenvalue weighted by molar-refractivity contribution is 5.85. The highest BCUT2D eigenvalue weighted by Crippen LogP contribution is 1.95. The normalized spacial score (nSPS) is 13.9. The van der Waals surface area contributed by atoms with Crippen LogP contribution in [-0.4, -0.2) is 42.9 Å². The van der Waals surface area contributed by atoms with Crippen LogP contribution in [-0.2, 0) is 9.53 Å². The number of ether oxygens (including phenoxy) is 1. The van der Waals surface area contributed by atoms with Gasteiger partial charge in [0.2, 0.25) is 5.91 Å². The fourth-order valence-electron chi connectivity index (χ4n) is 0.690. The maximum absolute atomic E-state index is 11.2. The number of aliphatic hydroxyl groups excluding tert-OH is 1. The van der Waals surface area contributed by atoms with E-state index in [1.54, 1.807) is 13.8 Å². The Morgan fingerprint density at radius 1 is 1.69 bits per heavy atom. The number of methoxy groups -OCH3 is 1. The summed E-state index contributed by atoms with van der Waals surface area (Å²) in [4.78, 5) is 11.2. The second kappa shape index (κ2) is 5.16. The van der Waals surface area contributed by atoms with Gasteiger partial charge >= 0.3 is 0 Å². The van der Waals surface area contributed by atoms with E-state index < -0.39 is 11.6 Å². The molecule has 0 aliphatic rings. The fraction of sp³-hybridized carbons (Fsp3) is 0.875. The molecule has 1 amide bonds. The van der Waals surface area contributed by atoms with E-state index in [0.29, 0.717) is 0 Å². The zero-order valence-electron chi connectivity index (χ0n) is 8.33. The second-order valence-corrected chi connectivity index (χ2v) is 3.54. The van der Waals surface area contributed by atoms with Crippen molar-refractivity contribution in [2.45, 2.75) is 25.5 Å². The van der Waals surface area contributed by atoms with Crippen molar-refractivity contribution in [2.75, 3.05) is 20.3 Å². The Kier molecular flexibility index (Phi) is 4.90. The first kappa shape index (κ1) is 12.3. The van der Waals surface area contributed by atoms with Crippen molar-refractivity contribution < 1.29 is 14.6 Å². The first-order valence-electron chi connectivity index (χ1n) is 4.12. The van der Waals surface area contributed by atoms with Crippen molar-refractivity contribution in [3.8, 4) is 0 Å². The number of carbonyl (C=O) groups is 1. The minimum Gasteiger partial charge on any atom is -0.389 e. The summed E-state index contributed by atoms with van der Waals surface area (Å²) in [7, 11) is 1.48. The Balaban J connectivity index is 3.71. The van der Waals surface area contributed by atoms with Crippen LogP contribution in [0, 0.1) is 0 Å². The summed E-state index contributed by atoms with van der Waals surface area (Å²) in [5, 5.41) is 11.7. The number of carbonyl (C=O) groups excluding carboxylic acids is 1. The molecular formula is C8H18N2O3. The molecule has 0 saturated carbocycles. The van der Waals surface area contributed by atoms with Crippen molar-refractivity contribution >= 4 is 5.91 Å². The van der Waals surface area contributed by atoms with E-state index in [-0.39, 0.29) is 19.1 Å². The third-order valence-corrected chi connectivity index (χ3v) is 1.44. The smallest absolute Gasteiger partial charge is 0.239 e. The summed E-state index contributed by atoms with van der Waals surface area (Å²) in [6.07, 6.45) is -0.684. The van der Waals surface area contributed by atoms with E-state index in [9.17, 15) is 9.90 Å². The van der Waals surface area contributed by atoms with E-state index in [4.69, 9.17) is 5.73 Å². The number of amides is 1. The van der Waals surface area contributed by atoms with Gasteiger partial charge in [-0.3, -0.25) is 4.79 Å². The molecule has 0 spiro atoms. The van der Waals surface area contributed by atoms with Gasteiger partial charge in [-0.1, -0.05) is 0 Å². The number of nitrogens with one attached hydrogen (secondary N) is 1. The number of hydrogen-bond acceptors (Lipinski definition) is 4. The molecule has 0 aromatic carbocycles. The van der Waals surface area contributed by atoms with Crippen LogP contribution in [0.15, 0.2) is 0 Å². The molecule has 13 heavy (non-hydrogen) atoms. The summed E-state index contributed by atoms with van der Waals surface area (Å²) in [5.41, 5.74) is 4.60. The molecule has 0 aromatic rings. The fourth-order valence-corrected chi connectivity index (χ4v) is 0.690. The highest BCUT2D eigenvalue weighted by atomic mass is 16.5. The predicted molar refractivity (Wildman–Crippen MR) is 49.2 cm³/mol. The van der Waals surface area contributed by atoms with Crippen LogP contribution < -0.4 is 11.1 Å². The molecule has 5 heteroatoms. The molecule has 0 fully saturated rings. The zero-order valence-corrected chi connectivity index (χ0v) is 8.33.